The van der Waals surface area contributed by atoms with Crippen LogP contribution in [0.3, 0.4) is 0 Å². The number of aromatic nitrogens is 6. The summed E-state index contributed by atoms with van der Waals surface area (Å²) in [6.45, 7) is 2.31. The average molecular weight is 1280 g/mol. The molecule has 0 radical (unpaired) electrons. The summed E-state index contributed by atoms with van der Waals surface area (Å²) < 4.78 is 130. The molecule has 0 spiro atoms. The average Bonchev–Trinajstić information content (AvgIpc) is 0.974. The zero-order valence-electron chi connectivity index (χ0n) is 45.2. The number of nitrogens with two attached hydrogens (primary N) is 3. The van der Waals surface area contributed by atoms with Crippen LogP contribution in [-0.4, -0.2) is 124 Å². The van der Waals surface area contributed by atoms with Crippen molar-refractivity contribution in [1.29, 1.82) is 0 Å². The van der Waals surface area contributed by atoms with Crippen molar-refractivity contribution < 1.29 is 69.2 Å². The van der Waals surface area contributed by atoms with E-state index in [4.69, 9.17) is 17.2 Å². The van der Waals surface area contributed by atoms with E-state index in [1.807, 2.05) is 0 Å². The summed E-state index contributed by atoms with van der Waals surface area (Å²) in [7, 11) is 0. The zero-order chi connectivity index (χ0) is 62.6. The third-order valence-corrected chi connectivity index (χ3v) is 14.5. The maximum Gasteiger partial charge on any atom is 3.00 e. The molecule has 9 heterocycles. The monoisotopic (exact) mass is 1280 g/mol. The number of anilines is 3. The number of halogens is 9. The number of aromatic carboxylic acids is 3. The third kappa shape index (κ3) is 12.2. The van der Waals surface area contributed by atoms with E-state index in [-0.39, 0.29) is 106 Å². The van der Waals surface area contributed by atoms with Crippen LogP contribution in [0.5, 0.6) is 0 Å². The molecule has 6 aromatic heterocycles. The number of fused-ring (bicyclic) bond motifs is 3. The second kappa shape index (κ2) is 25.0. The Morgan fingerprint density at radius 2 is 0.659 bits per heavy atom. The fraction of sp³-hybridized carbons (Fsp3) is 0.211. The van der Waals surface area contributed by atoms with Crippen molar-refractivity contribution in [3.8, 4) is 17.1 Å². The number of carbonyl (C=O) groups excluding carboxylic acids is 3. The van der Waals surface area contributed by atoms with Gasteiger partial charge in [0.1, 0.15) is 34.9 Å². The predicted molar refractivity (Wildman–Crippen MR) is 295 cm³/mol. The SMILES string of the molecule is NC1CCN(c2nc3c(cc2F)c(=O)c(C(=O)[O-])cn3-c2ccc(F)cc2F)C1.NC1CCN(c2nc3c(cc2F)c(=O)c(C(=O)[O-])cn3-c2ccc(F)cc2F)C1.NC1CCN(c2nc3c(cc2F)c(=O)c(C(=O)[O-])cn3-c2ccc(F)cc2F)C1.[Ga+3]. The number of rotatable bonds is 9. The molecule has 12 rings (SSSR count). The molecule has 0 aliphatic carbocycles. The van der Waals surface area contributed by atoms with Crippen molar-refractivity contribution in [3.63, 3.8) is 0 Å². The summed E-state index contributed by atoms with van der Waals surface area (Å²) in [5.74, 6) is -13.9. The second-order valence-corrected chi connectivity index (χ2v) is 20.4. The van der Waals surface area contributed by atoms with Crippen LogP contribution in [0.15, 0.2) is 106 Å². The standard InChI is InChI=1S/3C19H15F3N4O3.Ga/c3*20-9-1-2-15(13(21)5-9)26-8-12(19(28)29)16(27)11-6-14(22)18(24-17(11)26)25-4-3-10(23)7-25;/h3*1-2,5-6,8,10H,3-4,7,23H2,(H,28,29);/q;;;+3/p-3. The Morgan fingerprint density at radius 1 is 0.409 bits per heavy atom. The number of hydrogen-bond acceptors (Lipinski definition) is 18. The van der Waals surface area contributed by atoms with Crippen LogP contribution in [0, 0.1) is 52.4 Å². The molecule has 0 bridgehead atoms. The Morgan fingerprint density at radius 3 is 0.864 bits per heavy atom. The molecule has 3 aliphatic rings. The minimum Gasteiger partial charge on any atom is -0.545 e. The van der Waals surface area contributed by atoms with Gasteiger partial charge in [-0.1, -0.05) is 0 Å². The Kier molecular flexibility index (Phi) is 17.9. The molecule has 6 N–H and O–H groups in total. The molecule has 3 fully saturated rings. The van der Waals surface area contributed by atoms with Crippen LogP contribution in [0.1, 0.15) is 50.3 Å². The van der Waals surface area contributed by atoms with Crippen LogP contribution in [0.25, 0.3) is 50.2 Å². The van der Waals surface area contributed by atoms with E-state index in [2.05, 4.69) is 15.0 Å². The van der Waals surface area contributed by atoms with Crippen molar-refractivity contribution in [3.05, 3.63) is 191 Å². The Balaban J connectivity index is 0.000000156. The summed E-state index contributed by atoms with van der Waals surface area (Å²) in [5.41, 5.74) is 10.8. The second-order valence-electron chi connectivity index (χ2n) is 20.4. The van der Waals surface area contributed by atoms with Gasteiger partial charge in [0, 0.05) is 94.2 Å². The number of carboxylic acids is 3. The van der Waals surface area contributed by atoms with Crippen molar-refractivity contribution >= 4 is 88.3 Å². The summed E-state index contributed by atoms with van der Waals surface area (Å²) >= 11 is 0. The first kappa shape index (κ1) is 63.0. The first-order valence-electron chi connectivity index (χ1n) is 26.1. The number of hydrogen-bond donors (Lipinski definition) is 3. The quantitative estimate of drug-likeness (QED) is 0.137. The molecular weight excluding hydrogens is 1240 g/mol. The molecule has 21 nitrogen and oxygen atoms in total. The number of pyridine rings is 6. The Hall–Kier alpha value is -9.56. The number of nitrogens with zero attached hydrogens (tertiary/aromatic N) is 9. The molecule has 0 saturated carbocycles. The summed E-state index contributed by atoms with van der Waals surface area (Å²) in [5, 5.41) is 33.0. The zero-order valence-corrected chi connectivity index (χ0v) is 47.6. The molecule has 3 unspecified atom stereocenters. The molecule has 3 saturated heterocycles. The number of carboxylic acid groups (broad SMARTS) is 3. The summed E-state index contributed by atoms with van der Waals surface area (Å²) in [4.78, 5) is 88.9. The van der Waals surface area contributed by atoms with Crippen LogP contribution in [0.4, 0.5) is 57.0 Å². The fourth-order valence-electron chi connectivity index (χ4n) is 10.3. The maximum atomic E-state index is 14.7. The van der Waals surface area contributed by atoms with Crippen molar-refractivity contribution in [2.45, 2.75) is 37.4 Å². The molecule has 3 aliphatic heterocycles. The van der Waals surface area contributed by atoms with Gasteiger partial charge in [0.05, 0.1) is 67.8 Å². The normalized spacial score (nSPS) is 16.4. The van der Waals surface area contributed by atoms with E-state index in [1.54, 1.807) is 14.7 Å². The van der Waals surface area contributed by atoms with Crippen molar-refractivity contribution in [2.75, 3.05) is 54.0 Å². The van der Waals surface area contributed by atoms with E-state index >= 15 is 0 Å². The van der Waals surface area contributed by atoms with Gasteiger partial charge in [0.25, 0.3) is 0 Å². The number of benzene rings is 3. The van der Waals surface area contributed by atoms with Gasteiger partial charge in [0.15, 0.2) is 68.1 Å². The molecule has 450 valence electrons. The van der Waals surface area contributed by atoms with Crippen LogP contribution in [0.2, 0.25) is 0 Å². The molecule has 3 aromatic carbocycles. The van der Waals surface area contributed by atoms with E-state index in [0.29, 0.717) is 76.7 Å². The van der Waals surface area contributed by atoms with Gasteiger partial charge in [0.2, 0.25) is 0 Å². The van der Waals surface area contributed by atoms with Crippen LogP contribution < -0.4 is 63.5 Å². The van der Waals surface area contributed by atoms with Gasteiger partial charge in [-0.15, -0.1) is 0 Å². The molecule has 3 atom stereocenters. The predicted octanol–water partition coefficient (Wildman–Crippen LogP) is 1.73. The topological polar surface area (TPSA) is 313 Å². The Labute approximate surface area is 500 Å². The minimum atomic E-state index is -1.82. The van der Waals surface area contributed by atoms with E-state index in [9.17, 15) is 83.6 Å². The molecule has 31 heteroatoms. The van der Waals surface area contributed by atoms with E-state index in [1.165, 1.54) is 0 Å². The Bertz CT molecular complexity index is 4090. The first-order chi connectivity index (χ1) is 41.3. The van der Waals surface area contributed by atoms with Gasteiger partial charge in [-0.3, -0.25) is 28.1 Å². The van der Waals surface area contributed by atoms with Gasteiger partial charge >= 0.3 is 19.8 Å². The van der Waals surface area contributed by atoms with Gasteiger partial charge < -0.3 is 61.6 Å². The smallest absolute Gasteiger partial charge is 0.545 e. The molecular formula is C57H42F9GaN12O9. The molecule has 9 aromatic rings. The van der Waals surface area contributed by atoms with E-state index < -0.39 is 103 Å². The molecule has 0 amide bonds. The van der Waals surface area contributed by atoms with Gasteiger partial charge in [-0.25, -0.2) is 54.5 Å². The van der Waals surface area contributed by atoms with Crippen LogP contribution >= 0.6 is 0 Å². The largest absolute Gasteiger partial charge is 3.00 e. The fourth-order valence-corrected chi connectivity index (χ4v) is 10.3. The maximum absolute atomic E-state index is 14.7. The third-order valence-electron chi connectivity index (χ3n) is 14.5. The van der Waals surface area contributed by atoms with Gasteiger partial charge in [-0.05, 0) is 73.9 Å². The van der Waals surface area contributed by atoms with Crippen molar-refractivity contribution in [2.24, 2.45) is 17.2 Å². The first-order valence-corrected chi connectivity index (χ1v) is 26.1. The molecule has 88 heavy (non-hydrogen) atoms. The van der Waals surface area contributed by atoms with Crippen LogP contribution in [-0.2, 0) is 0 Å². The minimum absolute atomic E-state index is 0. The van der Waals surface area contributed by atoms with Crippen molar-refractivity contribution in [1.82, 2.24) is 28.7 Å². The summed E-state index contributed by atoms with van der Waals surface area (Å²) in [6.07, 6.45) is 4.34. The van der Waals surface area contributed by atoms with E-state index in [0.717, 1.165) is 86.9 Å². The number of carbonyl (C=O) groups is 3. The van der Waals surface area contributed by atoms with Gasteiger partial charge in [-0.2, -0.15) is 0 Å². The summed E-state index contributed by atoms with van der Waals surface area (Å²) in [6, 6.07) is 9.90.